The molecule has 0 saturated carbocycles. The molecule has 156 valence electrons. The normalized spacial score (nSPS) is 15.5. The maximum Gasteiger partial charge on any atom is 0.141 e. The van der Waals surface area contributed by atoms with E-state index in [0.29, 0.717) is 0 Å². The summed E-state index contributed by atoms with van der Waals surface area (Å²) in [5, 5.41) is 10.1. The lowest BCUT2D eigenvalue weighted by molar-refractivity contribution is 0.483. The van der Waals surface area contributed by atoms with E-state index >= 15 is 0 Å². The van der Waals surface area contributed by atoms with Crippen molar-refractivity contribution in [1.82, 2.24) is 15.2 Å². The number of ether oxygens (including phenoxy) is 1. The summed E-state index contributed by atoms with van der Waals surface area (Å²) in [7, 11) is -1.85. The van der Waals surface area contributed by atoms with Crippen LogP contribution in [0.1, 0.15) is 25.0 Å². The number of pyridine rings is 1. The largest absolute Gasteiger partial charge is 0.457 e. The minimum Gasteiger partial charge on any atom is -0.457 e. The second kappa shape index (κ2) is 8.51. The smallest absolute Gasteiger partial charge is 0.141 e. The summed E-state index contributed by atoms with van der Waals surface area (Å²) in [6.45, 7) is 2.01. The first-order valence-corrected chi connectivity index (χ1v) is 13.5. The van der Waals surface area contributed by atoms with Gasteiger partial charge in [-0.3, -0.25) is 10.1 Å². The van der Waals surface area contributed by atoms with Crippen LogP contribution in [0.4, 0.5) is 0 Å². The van der Waals surface area contributed by atoms with Crippen LogP contribution in [-0.4, -0.2) is 23.3 Å². The Morgan fingerprint density at radius 1 is 0.839 bits per heavy atom. The van der Waals surface area contributed by atoms with Crippen molar-refractivity contribution in [3.63, 3.8) is 0 Å². The van der Waals surface area contributed by atoms with Gasteiger partial charge < -0.3 is 4.74 Å². The van der Waals surface area contributed by atoms with Crippen LogP contribution in [0.5, 0.6) is 11.5 Å². The molecule has 1 saturated heterocycles. The molecule has 1 aliphatic rings. The molecule has 5 heteroatoms. The monoisotopic (exact) mass is 425 g/mol. The number of aromatic nitrogens is 3. The lowest BCUT2D eigenvalue weighted by Gasteiger charge is -2.35. The van der Waals surface area contributed by atoms with Crippen molar-refractivity contribution in [2.75, 3.05) is 0 Å². The topological polar surface area (TPSA) is 50.8 Å². The number of nitrogens with zero attached hydrogens (tertiary/aromatic N) is 2. The highest BCUT2D eigenvalue weighted by Crippen LogP contribution is 2.30. The van der Waals surface area contributed by atoms with E-state index in [1.807, 2.05) is 37.4 Å². The molecule has 0 radical (unpaired) electrons. The number of nitrogens with one attached hydrogen (secondary N) is 1. The third-order valence-electron chi connectivity index (χ3n) is 6.32. The number of hydrogen-bond donors (Lipinski definition) is 1. The van der Waals surface area contributed by atoms with Crippen LogP contribution in [0, 0.1) is 6.92 Å². The summed E-state index contributed by atoms with van der Waals surface area (Å²) in [5.41, 5.74) is 3.02. The van der Waals surface area contributed by atoms with Crippen LogP contribution in [0.15, 0.2) is 79.0 Å². The average molecular weight is 426 g/mol. The highest BCUT2D eigenvalue weighted by molar-refractivity contribution is 7.01. The third kappa shape index (κ3) is 4.06. The van der Waals surface area contributed by atoms with Crippen molar-refractivity contribution in [2.24, 2.45) is 0 Å². The minimum atomic E-state index is -1.85. The fourth-order valence-electron chi connectivity index (χ4n) is 4.77. The SMILES string of the molecule is Cc1cc(-c2cccc(Oc3cccc([Si]4(c5ccccn5)CCCCC4)c3)c2)n[nH]1. The van der Waals surface area contributed by atoms with Crippen molar-refractivity contribution in [3.8, 4) is 22.8 Å². The van der Waals surface area contributed by atoms with Gasteiger partial charge >= 0.3 is 0 Å². The number of aromatic amines is 1. The predicted molar refractivity (Wildman–Crippen MR) is 128 cm³/mol. The lowest BCUT2D eigenvalue weighted by Crippen LogP contribution is -2.60. The second-order valence-corrected chi connectivity index (χ2v) is 12.7. The van der Waals surface area contributed by atoms with Crippen LogP contribution in [-0.2, 0) is 0 Å². The first-order chi connectivity index (χ1) is 15.2. The maximum absolute atomic E-state index is 6.32. The van der Waals surface area contributed by atoms with Gasteiger partial charge in [0, 0.05) is 22.8 Å². The molecular formula is C26H27N3OSi. The molecule has 0 aliphatic carbocycles. The number of rotatable bonds is 5. The van der Waals surface area contributed by atoms with Crippen LogP contribution >= 0.6 is 0 Å². The van der Waals surface area contributed by atoms with E-state index in [-0.39, 0.29) is 0 Å². The molecule has 0 unspecified atom stereocenters. The Labute approximate surface area is 184 Å². The highest BCUT2D eigenvalue weighted by atomic mass is 28.3. The van der Waals surface area contributed by atoms with Gasteiger partial charge in [0.25, 0.3) is 0 Å². The van der Waals surface area contributed by atoms with E-state index in [1.54, 1.807) is 0 Å². The summed E-state index contributed by atoms with van der Waals surface area (Å²) in [5.74, 6) is 1.72. The second-order valence-electron chi connectivity index (χ2n) is 8.45. The van der Waals surface area contributed by atoms with E-state index in [2.05, 4.69) is 58.7 Å². The Bertz CT molecular complexity index is 1170. The number of benzene rings is 2. The fraction of sp³-hybridized carbons (Fsp3) is 0.231. The molecule has 2 aromatic carbocycles. The summed E-state index contributed by atoms with van der Waals surface area (Å²) in [4.78, 5) is 4.82. The Kier molecular flexibility index (Phi) is 5.43. The zero-order valence-corrected chi connectivity index (χ0v) is 18.8. The minimum absolute atomic E-state index is 0.826. The molecule has 1 aliphatic heterocycles. The lowest BCUT2D eigenvalue weighted by atomic mass is 10.1. The first kappa shape index (κ1) is 19.8. The molecule has 0 amide bonds. The summed E-state index contributed by atoms with van der Waals surface area (Å²) in [6, 6.07) is 27.8. The van der Waals surface area contributed by atoms with Crippen LogP contribution < -0.4 is 15.2 Å². The zero-order chi connectivity index (χ0) is 21.1. The van der Waals surface area contributed by atoms with Crippen molar-refractivity contribution in [3.05, 3.63) is 84.7 Å². The van der Waals surface area contributed by atoms with Gasteiger partial charge in [0.05, 0.1) is 5.69 Å². The summed E-state index contributed by atoms with van der Waals surface area (Å²) >= 11 is 0. The van der Waals surface area contributed by atoms with Crippen LogP contribution in [0.25, 0.3) is 11.3 Å². The van der Waals surface area contributed by atoms with E-state index in [4.69, 9.17) is 9.72 Å². The Hall–Kier alpha value is -3.18. The molecule has 31 heavy (non-hydrogen) atoms. The van der Waals surface area contributed by atoms with E-state index in [1.165, 1.54) is 41.9 Å². The molecule has 1 N–H and O–H groups in total. The molecule has 0 bridgehead atoms. The number of hydrogen-bond acceptors (Lipinski definition) is 3. The predicted octanol–water partition coefficient (Wildman–Crippen LogP) is 5.32. The molecule has 3 heterocycles. The van der Waals surface area contributed by atoms with Gasteiger partial charge in [-0.2, -0.15) is 5.10 Å². The molecule has 5 rings (SSSR count). The van der Waals surface area contributed by atoms with E-state index in [9.17, 15) is 0 Å². The van der Waals surface area contributed by atoms with Crippen LogP contribution in [0.3, 0.4) is 0 Å². The van der Waals surface area contributed by atoms with Crippen molar-refractivity contribution in [1.29, 1.82) is 0 Å². The third-order valence-corrected chi connectivity index (χ3v) is 11.4. The van der Waals surface area contributed by atoms with Gasteiger partial charge in [0.1, 0.15) is 19.6 Å². The maximum atomic E-state index is 6.32. The fourth-order valence-corrected chi connectivity index (χ4v) is 9.69. The Morgan fingerprint density at radius 2 is 1.65 bits per heavy atom. The summed E-state index contributed by atoms with van der Waals surface area (Å²) < 4.78 is 6.32. The van der Waals surface area contributed by atoms with Crippen molar-refractivity contribution >= 4 is 18.6 Å². The molecule has 1 fully saturated rings. The van der Waals surface area contributed by atoms with Crippen molar-refractivity contribution in [2.45, 2.75) is 38.3 Å². The zero-order valence-electron chi connectivity index (χ0n) is 17.8. The molecule has 0 atom stereocenters. The van der Waals surface area contributed by atoms with Gasteiger partial charge in [0.15, 0.2) is 0 Å². The van der Waals surface area contributed by atoms with Gasteiger partial charge in [-0.25, -0.2) is 0 Å². The number of H-pyrrole nitrogens is 1. The quantitative estimate of drug-likeness (QED) is 0.440. The van der Waals surface area contributed by atoms with Gasteiger partial charge in [0.2, 0.25) is 0 Å². The molecular weight excluding hydrogens is 398 g/mol. The van der Waals surface area contributed by atoms with Gasteiger partial charge in [-0.05, 0) is 66.7 Å². The highest BCUT2D eigenvalue weighted by Gasteiger charge is 2.39. The first-order valence-electron chi connectivity index (χ1n) is 11.1. The van der Waals surface area contributed by atoms with E-state index in [0.717, 1.165) is 28.5 Å². The molecule has 2 aromatic heterocycles. The molecule has 4 aromatic rings. The average Bonchev–Trinajstić information content (AvgIpc) is 3.27. The Morgan fingerprint density at radius 3 is 2.39 bits per heavy atom. The number of aryl methyl sites for hydroxylation is 1. The molecule has 4 nitrogen and oxygen atoms in total. The molecule has 0 spiro atoms. The van der Waals surface area contributed by atoms with E-state index < -0.39 is 8.07 Å². The Balaban J connectivity index is 1.46. The standard InChI is InChI=1S/C26H27N3OSi/c1-20-17-25(29-28-20)21-9-7-10-22(18-21)30-23-11-8-12-24(19-23)31(15-5-2-6-16-31)26-13-3-4-14-27-26/h3-4,7-14,17-19H,2,5-6,15-16H2,1H3,(H,28,29). The van der Waals surface area contributed by atoms with Gasteiger partial charge in [-0.15, -0.1) is 0 Å². The van der Waals surface area contributed by atoms with Crippen molar-refractivity contribution < 1.29 is 4.74 Å². The van der Waals surface area contributed by atoms with Gasteiger partial charge in [-0.1, -0.05) is 49.6 Å². The van der Waals surface area contributed by atoms with Crippen LogP contribution in [0.2, 0.25) is 12.1 Å². The summed E-state index contributed by atoms with van der Waals surface area (Å²) in [6.07, 6.45) is 5.86.